The lowest BCUT2D eigenvalue weighted by Gasteiger charge is -2.12. The second kappa shape index (κ2) is 5.66. The molecule has 2 aromatic heterocycles. The maximum absolute atomic E-state index is 5.95. The molecule has 4 rings (SSSR count). The predicted molar refractivity (Wildman–Crippen MR) is 89.5 cm³/mol. The number of aromatic nitrogens is 3. The summed E-state index contributed by atoms with van der Waals surface area (Å²) in [5.41, 5.74) is 4.42. The van der Waals surface area contributed by atoms with Gasteiger partial charge >= 0.3 is 0 Å². The first-order valence-electron chi connectivity index (χ1n) is 7.94. The van der Waals surface area contributed by atoms with Crippen molar-refractivity contribution in [3.8, 4) is 5.75 Å². The zero-order chi connectivity index (χ0) is 15.8. The number of fused-ring (bicyclic) bond motifs is 2. The molecule has 3 heterocycles. The Labute approximate surface area is 135 Å². The van der Waals surface area contributed by atoms with Crippen LogP contribution in [0.15, 0.2) is 36.5 Å². The van der Waals surface area contributed by atoms with E-state index in [-0.39, 0.29) is 6.10 Å². The van der Waals surface area contributed by atoms with E-state index in [9.17, 15) is 0 Å². The highest BCUT2D eigenvalue weighted by molar-refractivity contribution is 5.78. The van der Waals surface area contributed by atoms with Gasteiger partial charge in [0.15, 0.2) is 5.65 Å². The average Bonchev–Trinajstić information content (AvgIpc) is 3.08. The molecule has 1 atom stereocenters. The van der Waals surface area contributed by atoms with Crippen LogP contribution < -0.4 is 10.1 Å². The first kappa shape index (κ1) is 14.2. The minimum Gasteiger partial charge on any atom is -0.488 e. The molecule has 5 heteroatoms. The van der Waals surface area contributed by atoms with Crippen molar-refractivity contribution in [1.29, 1.82) is 0 Å². The zero-order valence-corrected chi connectivity index (χ0v) is 13.4. The Morgan fingerprint density at radius 2 is 2.22 bits per heavy atom. The van der Waals surface area contributed by atoms with Crippen LogP contribution in [0, 0.1) is 6.92 Å². The van der Waals surface area contributed by atoms with Gasteiger partial charge in [-0.05, 0) is 30.2 Å². The fraction of sp³-hybridized carbons (Fsp3) is 0.333. The van der Waals surface area contributed by atoms with Crippen molar-refractivity contribution < 1.29 is 4.74 Å². The molecule has 0 fully saturated rings. The van der Waals surface area contributed by atoms with Gasteiger partial charge in [-0.3, -0.25) is 4.68 Å². The molecule has 0 spiro atoms. The summed E-state index contributed by atoms with van der Waals surface area (Å²) < 4.78 is 7.77. The van der Waals surface area contributed by atoms with Crippen LogP contribution in [0.3, 0.4) is 0 Å². The third kappa shape index (κ3) is 2.68. The minimum atomic E-state index is 0.212. The second-order valence-electron chi connectivity index (χ2n) is 6.11. The standard InChI is InChI=1S/C18H20N4O/c1-12-16-7-13(10-20-18(16)22(2)21-12)9-19-11-15-8-14-5-3-4-6-17(14)23-15/h3-7,10,15,19H,8-9,11H2,1-2H3/t15-/m1/s1. The van der Waals surface area contributed by atoms with Crippen molar-refractivity contribution >= 4 is 11.0 Å². The normalized spacial score (nSPS) is 16.5. The number of hydrogen-bond acceptors (Lipinski definition) is 4. The molecule has 0 unspecified atom stereocenters. The highest BCUT2D eigenvalue weighted by atomic mass is 16.5. The molecule has 0 saturated heterocycles. The van der Waals surface area contributed by atoms with Crippen molar-refractivity contribution in [2.24, 2.45) is 7.05 Å². The monoisotopic (exact) mass is 308 g/mol. The van der Waals surface area contributed by atoms with E-state index in [2.05, 4.69) is 33.6 Å². The van der Waals surface area contributed by atoms with Gasteiger partial charge in [-0.1, -0.05) is 18.2 Å². The van der Waals surface area contributed by atoms with Gasteiger partial charge < -0.3 is 10.1 Å². The van der Waals surface area contributed by atoms with Gasteiger partial charge in [0.25, 0.3) is 0 Å². The van der Waals surface area contributed by atoms with Gasteiger partial charge in [-0.2, -0.15) is 5.10 Å². The van der Waals surface area contributed by atoms with Crippen molar-refractivity contribution in [1.82, 2.24) is 20.1 Å². The maximum Gasteiger partial charge on any atom is 0.157 e. The van der Waals surface area contributed by atoms with E-state index in [0.717, 1.165) is 42.0 Å². The molecule has 0 amide bonds. The minimum absolute atomic E-state index is 0.212. The number of nitrogens with one attached hydrogen (secondary N) is 1. The molecule has 1 N–H and O–H groups in total. The van der Waals surface area contributed by atoms with Gasteiger partial charge in [-0.25, -0.2) is 4.98 Å². The molecule has 3 aromatic rings. The molecule has 118 valence electrons. The number of benzene rings is 1. The lowest BCUT2D eigenvalue weighted by molar-refractivity contribution is 0.227. The van der Waals surface area contributed by atoms with E-state index in [0.29, 0.717) is 0 Å². The Kier molecular flexibility index (Phi) is 3.50. The molecule has 1 aliphatic rings. The Bertz CT molecular complexity index is 830. The lowest BCUT2D eigenvalue weighted by atomic mass is 10.1. The molecule has 0 aliphatic carbocycles. The van der Waals surface area contributed by atoms with E-state index in [1.165, 1.54) is 11.1 Å². The third-order valence-electron chi connectivity index (χ3n) is 4.33. The Balaban J connectivity index is 1.38. The van der Waals surface area contributed by atoms with E-state index in [1.54, 1.807) is 0 Å². The molecule has 23 heavy (non-hydrogen) atoms. The topological polar surface area (TPSA) is 52.0 Å². The van der Waals surface area contributed by atoms with Crippen LogP contribution in [0.1, 0.15) is 16.8 Å². The largest absolute Gasteiger partial charge is 0.488 e. The number of hydrogen-bond donors (Lipinski definition) is 1. The smallest absolute Gasteiger partial charge is 0.157 e. The highest BCUT2D eigenvalue weighted by Gasteiger charge is 2.21. The molecule has 0 radical (unpaired) electrons. The summed E-state index contributed by atoms with van der Waals surface area (Å²) in [5.74, 6) is 1.02. The SMILES string of the molecule is Cc1nn(C)c2ncc(CNC[C@H]3Cc4ccccc4O3)cc12. The van der Waals surface area contributed by atoms with Crippen molar-refractivity contribution in [2.45, 2.75) is 26.0 Å². The maximum atomic E-state index is 5.95. The Morgan fingerprint density at radius 1 is 1.35 bits per heavy atom. The van der Waals surface area contributed by atoms with E-state index in [4.69, 9.17) is 4.74 Å². The Morgan fingerprint density at radius 3 is 3.09 bits per heavy atom. The van der Waals surface area contributed by atoms with Crippen LogP contribution >= 0.6 is 0 Å². The predicted octanol–water partition coefficient (Wildman–Crippen LogP) is 2.37. The summed E-state index contributed by atoms with van der Waals surface area (Å²) in [6.07, 6.45) is 3.10. The Hall–Kier alpha value is -2.40. The molecule has 5 nitrogen and oxygen atoms in total. The van der Waals surface area contributed by atoms with Crippen LogP contribution in [-0.2, 0) is 20.0 Å². The molecule has 1 aromatic carbocycles. The van der Waals surface area contributed by atoms with E-state index < -0.39 is 0 Å². The summed E-state index contributed by atoms with van der Waals surface area (Å²) in [6, 6.07) is 10.4. The molecule has 1 aliphatic heterocycles. The van der Waals surface area contributed by atoms with Crippen LogP contribution in [0.5, 0.6) is 5.75 Å². The summed E-state index contributed by atoms with van der Waals surface area (Å²) in [4.78, 5) is 4.51. The molecular weight excluding hydrogens is 288 g/mol. The molecule has 0 saturated carbocycles. The van der Waals surface area contributed by atoms with Crippen LogP contribution in [-0.4, -0.2) is 27.4 Å². The fourth-order valence-corrected chi connectivity index (χ4v) is 3.19. The van der Waals surface area contributed by atoms with Crippen molar-refractivity contribution in [3.63, 3.8) is 0 Å². The second-order valence-corrected chi connectivity index (χ2v) is 6.11. The first-order chi connectivity index (χ1) is 11.2. The lowest BCUT2D eigenvalue weighted by Crippen LogP contribution is -2.29. The third-order valence-corrected chi connectivity index (χ3v) is 4.33. The molecular formula is C18H20N4O. The van der Waals surface area contributed by atoms with Crippen LogP contribution in [0.4, 0.5) is 0 Å². The molecule has 0 bridgehead atoms. The quantitative estimate of drug-likeness (QED) is 0.804. The number of ether oxygens (including phenoxy) is 1. The van der Waals surface area contributed by atoms with Crippen LogP contribution in [0.25, 0.3) is 11.0 Å². The first-order valence-corrected chi connectivity index (χ1v) is 7.94. The van der Waals surface area contributed by atoms with Gasteiger partial charge in [0.1, 0.15) is 11.9 Å². The van der Waals surface area contributed by atoms with Gasteiger partial charge in [0.2, 0.25) is 0 Å². The summed E-state index contributed by atoms with van der Waals surface area (Å²) in [5, 5.41) is 9.01. The summed E-state index contributed by atoms with van der Waals surface area (Å²) >= 11 is 0. The van der Waals surface area contributed by atoms with Gasteiger partial charge in [-0.15, -0.1) is 0 Å². The number of nitrogens with zero attached hydrogens (tertiary/aromatic N) is 3. The van der Waals surface area contributed by atoms with Crippen LogP contribution in [0.2, 0.25) is 0 Å². The van der Waals surface area contributed by atoms with Gasteiger partial charge in [0, 0.05) is 38.1 Å². The number of rotatable bonds is 4. The van der Waals surface area contributed by atoms with Crippen molar-refractivity contribution in [3.05, 3.63) is 53.3 Å². The van der Waals surface area contributed by atoms with Gasteiger partial charge in [0.05, 0.1) is 5.69 Å². The number of pyridine rings is 1. The summed E-state index contributed by atoms with van der Waals surface area (Å²) in [7, 11) is 1.93. The number of aryl methyl sites for hydroxylation is 2. The van der Waals surface area contributed by atoms with E-state index in [1.807, 2.05) is 37.0 Å². The highest BCUT2D eigenvalue weighted by Crippen LogP contribution is 2.27. The van der Waals surface area contributed by atoms with E-state index >= 15 is 0 Å². The number of para-hydroxylation sites is 1. The van der Waals surface area contributed by atoms with Crippen molar-refractivity contribution in [2.75, 3.05) is 6.54 Å². The zero-order valence-electron chi connectivity index (χ0n) is 13.4. The summed E-state index contributed by atoms with van der Waals surface area (Å²) in [6.45, 7) is 3.64. The fourth-order valence-electron chi connectivity index (χ4n) is 3.19. The average molecular weight is 308 g/mol.